The highest BCUT2D eigenvalue weighted by Gasteiger charge is 2.39. The second kappa shape index (κ2) is 8.45. The first kappa shape index (κ1) is 19.3. The van der Waals surface area contributed by atoms with Crippen LogP contribution in [-0.4, -0.2) is 35.8 Å². The van der Waals surface area contributed by atoms with E-state index in [2.05, 4.69) is 5.32 Å². The first-order valence-corrected chi connectivity index (χ1v) is 9.59. The topological polar surface area (TPSA) is 75.7 Å². The van der Waals surface area contributed by atoms with E-state index in [4.69, 9.17) is 16.3 Å². The number of amides is 3. The van der Waals surface area contributed by atoms with Gasteiger partial charge in [0.05, 0.1) is 29.5 Å². The summed E-state index contributed by atoms with van der Waals surface area (Å²) in [4.78, 5) is 38.2. The molecule has 0 unspecified atom stereocenters. The molecule has 8 heteroatoms. The Morgan fingerprint density at radius 1 is 1.26 bits per heavy atom. The molecular formula is C19H17ClN2O4S. The summed E-state index contributed by atoms with van der Waals surface area (Å²) in [6.45, 7) is 0. The maximum Gasteiger partial charge on any atom is 0.247 e. The van der Waals surface area contributed by atoms with Crippen LogP contribution in [0.1, 0.15) is 6.42 Å². The molecule has 1 aliphatic heterocycles. The average Bonchev–Trinajstić information content (AvgIpc) is 2.94. The number of hydrogen-bond acceptors (Lipinski definition) is 5. The quantitative estimate of drug-likeness (QED) is 0.747. The van der Waals surface area contributed by atoms with Gasteiger partial charge in [0, 0.05) is 11.4 Å². The zero-order valence-corrected chi connectivity index (χ0v) is 16.0. The number of carbonyl (C=O) groups excluding carboxylic acids is 3. The highest BCUT2D eigenvalue weighted by atomic mass is 35.5. The summed E-state index contributed by atoms with van der Waals surface area (Å²) in [6, 6.07) is 13.7. The Hall–Kier alpha value is -2.51. The van der Waals surface area contributed by atoms with E-state index in [1.165, 1.54) is 12.0 Å². The maximum atomic E-state index is 12.5. The molecule has 2 aromatic carbocycles. The van der Waals surface area contributed by atoms with E-state index in [1.807, 2.05) is 6.07 Å². The Morgan fingerprint density at radius 2 is 2.00 bits per heavy atom. The third kappa shape index (κ3) is 4.43. The van der Waals surface area contributed by atoms with Crippen LogP contribution < -0.4 is 15.0 Å². The lowest BCUT2D eigenvalue weighted by Crippen LogP contribution is -2.31. The molecule has 0 bridgehead atoms. The molecule has 1 fully saturated rings. The van der Waals surface area contributed by atoms with Gasteiger partial charge >= 0.3 is 0 Å². The third-order valence-corrected chi connectivity index (χ3v) is 5.41. The van der Waals surface area contributed by atoms with Crippen LogP contribution in [0.3, 0.4) is 0 Å². The molecule has 1 N–H and O–H groups in total. The van der Waals surface area contributed by atoms with Crippen molar-refractivity contribution in [2.24, 2.45) is 0 Å². The molecule has 1 saturated heterocycles. The number of hydrogen-bond donors (Lipinski definition) is 1. The minimum atomic E-state index is -0.579. The van der Waals surface area contributed by atoms with Gasteiger partial charge in [-0.3, -0.25) is 14.4 Å². The van der Waals surface area contributed by atoms with E-state index in [0.717, 1.165) is 11.8 Å². The number of halogens is 1. The molecule has 0 aromatic heterocycles. The van der Waals surface area contributed by atoms with Gasteiger partial charge in [-0.1, -0.05) is 29.8 Å². The summed E-state index contributed by atoms with van der Waals surface area (Å²) in [6.07, 6.45) is 0.0756. The lowest BCUT2D eigenvalue weighted by atomic mass is 10.3. The van der Waals surface area contributed by atoms with Crippen LogP contribution >= 0.6 is 23.4 Å². The summed E-state index contributed by atoms with van der Waals surface area (Å²) >= 11 is 7.09. The van der Waals surface area contributed by atoms with Gasteiger partial charge in [-0.25, -0.2) is 4.90 Å². The van der Waals surface area contributed by atoms with Crippen LogP contribution in [0, 0.1) is 0 Å². The highest BCUT2D eigenvalue weighted by Crippen LogP contribution is 2.31. The molecule has 1 aliphatic rings. The fourth-order valence-corrected chi connectivity index (χ4v) is 3.83. The molecule has 1 atom stereocenters. The zero-order valence-electron chi connectivity index (χ0n) is 14.5. The van der Waals surface area contributed by atoms with Crippen molar-refractivity contribution in [1.82, 2.24) is 0 Å². The van der Waals surface area contributed by atoms with E-state index in [-0.39, 0.29) is 29.9 Å². The van der Waals surface area contributed by atoms with Crippen LogP contribution in [0.2, 0.25) is 5.02 Å². The minimum Gasteiger partial charge on any atom is -0.495 e. The summed E-state index contributed by atoms with van der Waals surface area (Å²) < 4.78 is 5.19. The summed E-state index contributed by atoms with van der Waals surface area (Å²) in [5.74, 6) is -0.355. The summed E-state index contributed by atoms with van der Waals surface area (Å²) in [7, 11) is 1.49. The molecular weight excluding hydrogens is 388 g/mol. The summed E-state index contributed by atoms with van der Waals surface area (Å²) in [5, 5.41) is 2.60. The molecule has 3 amide bonds. The minimum absolute atomic E-state index is 0.0297. The molecule has 140 valence electrons. The van der Waals surface area contributed by atoms with Crippen molar-refractivity contribution in [3.63, 3.8) is 0 Å². The average molecular weight is 405 g/mol. The van der Waals surface area contributed by atoms with Crippen LogP contribution in [0.4, 0.5) is 11.4 Å². The standard InChI is InChI=1S/C19H17ClN2O4S/c1-26-15-8-7-12(20)9-14(15)21-17(23)11-27-16-10-18(24)22(19(16)25)13-5-3-2-4-6-13/h2-9,16H,10-11H2,1H3,(H,21,23)/t16-/m1/s1. The van der Waals surface area contributed by atoms with E-state index < -0.39 is 5.25 Å². The van der Waals surface area contributed by atoms with Crippen molar-refractivity contribution >= 4 is 52.5 Å². The van der Waals surface area contributed by atoms with Crippen molar-refractivity contribution in [2.45, 2.75) is 11.7 Å². The number of methoxy groups -OCH3 is 1. The number of nitrogens with one attached hydrogen (secondary N) is 1. The zero-order chi connectivity index (χ0) is 19.4. The smallest absolute Gasteiger partial charge is 0.247 e. The van der Waals surface area contributed by atoms with Crippen molar-refractivity contribution in [1.29, 1.82) is 0 Å². The van der Waals surface area contributed by atoms with Crippen LogP contribution in [0.15, 0.2) is 48.5 Å². The SMILES string of the molecule is COc1ccc(Cl)cc1NC(=O)CS[C@@H]1CC(=O)N(c2ccccc2)C1=O. The Kier molecular flexibility index (Phi) is 6.03. The normalized spacial score (nSPS) is 16.5. The molecule has 2 aromatic rings. The predicted octanol–water partition coefficient (Wildman–Crippen LogP) is 3.35. The maximum absolute atomic E-state index is 12.5. The largest absolute Gasteiger partial charge is 0.495 e. The molecule has 6 nitrogen and oxygen atoms in total. The second-order valence-corrected chi connectivity index (χ2v) is 7.43. The van der Waals surface area contributed by atoms with Crippen molar-refractivity contribution in [3.8, 4) is 5.75 Å². The van der Waals surface area contributed by atoms with Gasteiger partial charge in [0.15, 0.2) is 0 Å². The fraction of sp³-hybridized carbons (Fsp3) is 0.211. The van der Waals surface area contributed by atoms with Gasteiger partial charge in [-0.2, -0.15) is 0 Å². The van der Waals surface area contributed by atoms with E-state index in [0.29, 0.717) is 22.1 Å². The monoisotopic (exact) mass is 404 g/mol. The number of imide groups is 1. The first-order chi connectivity index (χ1) is 13.0. The van der Waals surface area contributed by atoms with Crippen LogP contribution in [0.5, 0.6) is 5.75 Å². The number of ether oxygens (including phenoxy) is 1. The Balaban J connectivity index is 1.60. The van der Waals surface area contributed by atoms with Crippen molar-refractivity contribution < 1.29 is 19.1 Å². The number of benzene rings is 2. The predicted molar refractivity (Wildman–Crippen MR) is 106 cm³/mol. The molecule has 27 heavy (non-hydrogen) atoms. The van der Waals surface area contributed by atoms with Crippen LogP contribution in [0.25, 0.3) is 0 Å². The molecule has 0 saturated carbocycles. The van der Waals surface area contributed by atoms with Gasteiger partial charge < -0.3 is 10.1 Å². The first-order valence-electron chi connectivity index (χ1n) is 8.16. The Bertz CT molecular complexity index is 875. The van der Waals surface area contributed by atoms with Gasteiger partial charge in [0.1, 0.15) is 5.75 Å². The molecule has 0 aliphatic carbocycles. The number of thioether (sulfide) groups is 1. The lowest BCUT2D eigenvalue weighted by Gasteiger charge is -2.15. The van der Waals surface area contributed by atoms with Crippen molar-refractivity contribution in [2.75, 3.05) is 23.1 Å². The highest BCUT2D eigenvalue weighted by molar-refractivity contribution is 8.01. The van der Waals surface area contributed by atoms with Gasteiger partial charge in [-0.15, -0.1) is 11.8 Å². The van der Waals surface area contributed by atoms with Gasteiger partial charge in [0.25, 0.3) is 0 Å². The van der Waals surface area contributed by atoms with Crippen molar-refractivity contribution in [3.05, 3.63) is 53.6 Å². The lowest BCUT2D eigenvalue weighted by molar-refractivity contribution is -0.121. The summed E-state index contributed by atoms with van der Waals surface area (Å²) in [5.41, 5.74) is 0.999. The molecule has 0 radical (unpaired) electrons. The Morgan fingerprint density at radius 3 is 2.70 bits per heavy atom. The second-order valence-electron chi connectivity index (χ2n) is 5.80. The van der Waals surface area contributed by atoms with Gasteiger partial charge in [-0.05, 0) is 30.3 Å². The Labute approximate surface area is 165 Å². The van der Waals surface area contributed by atoms with E-state index >= 15 is 0 Å². The number of carbonyl (C=O) groups is 3. The number of rotatable bonds is 6. The van der Waals surface area contributed by atoms with Crippen LogP contribution in [-0.2, 0) is 14.4 Å². The fourth-order valence-electron chi connectivity index (χ4n) is 2.72. The molecule has 1 heterocycles. The molecule has 3 rings (SSSR count). The number of nitrogens with zero attached hydrogens (tertiary/aromatic N) is 1. The number of para-hydroxylation sites is 1. The van der Waals surface area contributed by atoms with E-state index in [9.17, 15) is 14.4 Å². The number of anilines is 2. The third-order valence-electron chi connectivity index (χ3n) is 3.97. The molecule has 0 spiro atoms. The van der Waals surface area contributed by atoms with E-state index in [1.54, 1.807) is 42.5 Å². The van der Waals surface area contributed by atoms with Gasteiger partial charge in [0.2, 0.25) is 17.7 Å².